The number of methoxy groups -OCH3 is 1. The van der Waals surface area contributed by atoms with Crippen LogP contribution in [0.4, 0.5) is 0 Å². The van der Waals surface area contributed by atoms with E-state index in [9.17, 15) is 9.59 Å². The Morgan fingerprint density at radius 2 is 1.64 bits per heavy atom. The Labute approximate surface area is 147 Å². The van der Waals surface area contributed by atoms with Crippen LogP contribution in [0.1, 0.15) is 42.9 Å². The number of carbonyl (C=O) groups excluding carboxylic acids is 1. The van der Waals surface area contributed by atoms with E-state index in [1.54, 1.807) is 7.11 Å². The summed E-state index contributed by atoms with van der Waals surface area (Å²) in [4.78, 5) is 22.9. The van der Waals surface area contributed by atoms with E-state index >= 15 is 0 Å². The van der Waals surface area contributed by atoms with Crippen LogP contribution < -0.4 is 10.1 Å². The predicted octanol–water partition coefficient (Wildman–Crippen LogP) is 3.55. The molecule has 0 aromatic heterocycles. The van der Waals surface area contributed by atoms with Crippen LogP contribution in [0.2, 0.25) is 0 Å². The van der Waals surface area contributed by atoms with Gasteiger partial charge in [0.1, 0.15) is 5.75 Å². The SMILES string of the molecule is COc1ccccc1C(NC(=O)CCCCC(=O)O)c1ccccc1. The molecule has 5 heteroatoms. The van der Waals surface area contributed by atoms with Crippen molar-refractivity contribution < 1.29 is 19.4 Å². The standard InChI is InChI=1S/C20H23NO4/c1-25-17-12-6-5-11-16(17)20(15-9-3-2-4-10-15)21-18(22)13-7-8-14-19(23)24/h2-6,9-12,20H,7-8,13-14H2,1H3,(H,21,22)(H,23,24). The van der Waals surface area contributed by atoms with Gasteiger partial charge >= 0.3 is 5.97 Å². The van der Waals surface area contributed by atoms with Gasteiger partial charge in [0.15, 0.2) is 0 Å². The highest BCUT2D eigenvalue weighted by Gasteiger charge is 2.20. The summed E-state index contributed by atoms with van der Waals surface area (Å²) < 4.78 is 5.44. The van der Waals surface area contributed by atoms with Crippen molar-refractivity contribution >= 4 is 11.9 Å². The van der Waals surface area contributed by atoms with Crippen LogP contribution in [0.15, 0.2) is 54.6 Å². The quantitative estimate of drug-likeness (QED) is 0.684. The van der Waals surface area contributed by atoms with E-state index < -0.39 is 5.97 Å². The van der Waals surface area contributed by atoms with Crippen LogP contribution in [-0.4, -0.2) is 24.1 Å². The van der Waals surface area contributed by atoms with Crippen LogP contribution in [0.25, 0.3) is 0 Å². The van der Waals surface area contributed by atoms with Gasteiger partial charge < -0.3 is 15.2 Å². The number of benzene rings is 2. The Kier molecular flexibility index (Phi) is 7.01. The minimum absolute atomic E-state index is 0.0852. The molecule has 0 aliphatic heterocycles. The van der Waals surface area contributed by atoms with E-state index in [1.807, 2.05) is 54.6 Å². The van der Waals surface area contributed by atoms with E-state index in [2.05, 4.69) is 5.32 Å². The predicted molar refractivity (Wildman–Crippen MR) is 95.5 cm³/mol. The normalized spacial score (nSPS) is 11.6. The third-order valence-corrected chi connectivity index (χ3v) is 3.93. The lowest BCUT2D eigenvalue weighted by Gasteiger charge is -2.22. The van der Waals surface area contributed by atoms with Gasteiger partial charge in [-0.25, -0.2) is 0 Å². The molecule has 0 heterocycles. The maximum absolute atomic E-state index is 12.3. The van der Waals surface area contributed by atoms with E-state index in [0.717, 1.165) is 11.1 Å². The first-order valence-electron chi connectivity index (χ1n) is 8.31. The highest BCUT2D eigenvalue weighted by Crippen LogP contribution is 2.30. The topological polar surface area (TPSA) is 75.6 Å². The highest BCUT2D eigenvalue weighted by atomic mass is 16.5. The minimum Gasteiger partial charge on any atom is -0.496 e. The van der Waals surface area contributed by atoms with Gasteiger partial charge in [-0.05, 0) is 24.5 Å². The van der Waals surface area contributed by atoms with Gasteiger partial charge in [-0.1, -0.05) is 48.5 Å². The number of amides is 1. The van der Waals surface area contributed by atoms with Gasteiger partial charge in [-0.2, -0.15) is 0 Å². The first-order valence-corrected chi connectivity index (χ1v) is 8.31. The molecular weight excluding hydrogens is 318 g/mol. The average Bonchev–Trinajstić information content (AvgIpc) is 2.64. The molecule has 5 nitrogen and oxygen atoms in total. The van der Waals surface area contributed by atoms with Crippen molar-refractivity contribution in [1.82, 2.24) is 5.32 Å². The van der Waals surface area contributed by atoms with Crippen molar-refractivity contribution in [3.05, 3.63) is 65.7 Å². The molecule has 1 amide bonds. The highest BCUT2D eigenvalue weighted by molar-refractivity contribution is 5.77. The molecule has 0 saturated carbocycles. The number of aliphatic carboxylic acids is 1. The Balaban J connectivity index is 2.13. The van der Waals surface area contributed by atoms with Crippen LogP contribution in [0.3, 0.4) is 0 Å². The molecule has 0 bridgehead atoms. The molecule has 0 radical (unpaired) electrons. The molecule has 25 heavy (non-hydrogen) atoms. The second kappa shape index (κ2) is 9.47. The Morgan fingerprint density at radius 3 is 2.32 bits per heavy atom. The molecule has 2 N–H and O–H groups in total. The number of ether oxygens (including phenoxy) is 1. The number of hydrogen-bond acceptors (Lipinski definition) is 3. The molecule has 2 aromatic carbocycles. The van der Waals surface area contributed by atoms with Crippen molar-refractivity contribution in [3.63, 3.8) is 0 Å². The van der Waals surface area contributed by atoms with Crippen molar-refractivity contribution in [3.8, 4) is 5.75 Å². The molecule has 2 rings (SSSR count). The summed E-state index contributed by atoms with van der Waals surface area (Å²) in [6, 6.07) is 17.0. The van der Waals surface area contributed by atoms with Gasteiger partial charge in [-0.15, -0.1) is 0 Å². The Morgan fingerprint density at radius 1 is 1.00 bits per heavy atom. The number of carbonyl (C=O) groups is 2. The number of rotatable bonds is 9. The van der Waals surface area contributed by atoms with Gasteiger partial charge in [0, 0.05) is 18.4 Å². The van der Waals surface area contributed by atoms with Crippen molar-refractivity contribution in [2.45, 2.75) is 31.7 Å². The number of para-hydroxylation sites is 1. The van der Waals surface area contributed by atoms with E-state index in [4.69, 9.17) is 9.84 Å². The van der Waals surface area contributed by atoms with E-state index in [1.165, 1.54) is 0 Å². The summed E-state index contributed by atoms with van der Waals surface area (Å²) in [5, 5.41) is 11.7. The van der Waals surface area contributed by atoms with E-state index in [0.29, 0.717) is 25.0 Å². The fraction of sp³-hybridized carbons (Fsp3) is 0.300. The van der Waals surface area contributed by atoms with Crippen molar-refractivity contribution in [2.24, 2.45) is 0 Å². The second-order valence-corrected chi connectivity index (χ2v) is 5.75. The summed E-state index contributed by atoms with van der Waals surface area (Å²) in [5.41, 5.74) is 1.85. The van der Waals surface area contributed by atoms with Crippen molar-refractivity contribution in [2.75, 3.05) is 7.11 Å². The molecule has 1 unspecified atom stereocenters. The molecule has 1 atom stereocenters. The summed E-state index contributed by atoms with van der Waals surface area (Å²) in [6.07, 6.45) is 1.42. The molecule has 0 fully saturated rings. The number of carboxylic acids is 1. The second-order valence-electron chi connectivity index (χ2n) is 5.75. The van der Waals surface area contributed by atoms with Gasteiger partial charge in [0.25, 0.3) is 0 Å². The average molecular weight is 341 g/mol. The van der Waals surface area contributed by atoms with Crippen LogP contribution in [-0.2, 0) is 9.59 Å². The maximum atomic E-state index is 12.3. The molecule has 0 saturated heterocycles. The minimum atomic E-state index is -0.836. The lowest BCUT2D eigenvalue weighted by atomic mass is 9.97. The smallest absolute Gasteiger partial charge is 0.303 e. The number of nitrogens with one attached hydrogen (secondary N) is 1. The molecule has 0 aliphatic rings. The first kappa shape index (κ1) is 18.5. The third kappa shape index (κ3) is 5.64. The van der Waals surface area contributed by atoms with Crippen LogP contribution in [0.5, 0.6) is 5.75 Å². The maximum Gasteiger partial charge on any atom is 0.303 e. The molecular formula is C20H23NO4. The number of hydrogen-bond donors (Lipinski definition) is 2. The largest absolute Gasteiger partial charge is 0.496 e. The van der Waals surface area contributed by atoms with Crippen molar-refractivity contribution in [1.29, 1.82) is 0 Å². The summed E-state index contributed by atoms with van der Waals surface area (Å²) in [7, 11) is 1.61. The van der Waals surface area contributed by atoms with Gasteiger partial charge in [-0.3, -0.25) is 9.59 Å². The van der Waals surface area contributed by atoms with E-state index in [-0.39, 0.29) is 18.4 Å². The fourth-order valence-electron chi connectivity index (χ4n) is 2.69. The zero-order chi connectivity index (χ0) is 18.1. The summed E-state index contributed by atoms with van der Waals surface area (Å²) in [6.45, 7) is 0. The number of unbranched alkanes of at least 4 members (excludes halogenated alkanes) is 1. The molecule has 2 aromatic rings. The zero-order valence-corrected chi connectivity index (χ0v) is 14.3. The number of carboxylic acid groups (broad SMARTS) is 1. The molecule has 0 aliphatic carbocycles. The molecule has 132 valence electrons. The summed E-state index contributed by atoms with van der Waals surface area (Å²) >= 11 is 0. The first-order chi connectivity index (χ1) is 12.1. The lowest BCUT2D eigenvalue weighted by molar-refractivity contribution is -0.137. The lowest BCUT2D eigenvalue weighted by Crippen LogP contribution is -2.29. The van der Waals surface area contributed by atoms with Crippen LogP contribution >= 0.6 is 0 Å². The van der Waals surface area contributed by atoms with Gasteiger partial charge in [0.05, 0.1) is 13.2 Å². The molecule has 0 spiro atoms. The van der Waals surface area contributed by atoms with Crippen LogP contribution in [0, 0.1) is 0 Å². The fourth-order valence-corrected chi connectivity index (χ4v) is 2.69. The zero-order valence-electron chi connectivity index (χ0n) is 14.3. The van der Waals surface area contributed by atoms with Gasteiger partial charge in [0.2, 0.25) is 5.91 Å². The monoisotopic (exact) mass is 341 g/mol. The third-order valence-electron chi connectivity index (χ3n) is 3.93. The summed E-state index contributed by atoms with van der Waals surface area (Å²) in [5.74, 6) is -0.232. The Hall–Kier alpha value is -2.82. The Bertz CT molecular complexity index is 700.